The first kappa shape index (κ1) is 16.2. The molecule has 0 amide bonds. The van der Waals surface area contributed by atoms with Crippen molar-refractivity contribution in [3.63, 3.8) is 0 Å². The fourth-order valence-corrected chi connectivity index (χ4v) is 1.86. The van der Waals surface area contributed by atoms with Gasteiger partial charge in [-0.25, -0.2) is 0 Å². The molecule has 0 aromatic rings. The summed E-state index contributed by atoms with van der Waals surface area (Å²) in [5.74, 6) is 1.37. The minimum absolute atomic E-state index is 0.597. The van der Waals surface area contributed by atoms with Crippen molar-refractivity contribution in [2.45, 2.75) is 60.3 Å². The first-order valence-electron chi connectivity index (χ1n) is 7.10. The molecule has 1 fully saturated rings. The van der Waals surface area contributed by atoms with Gasteiger partial charge in [-0.2, -0.15) is 0 Å². The lowest BCUT2D eigenvalue weighted by Gasteiger charge is -2.30. The van der Waals surface area contributed by atoms with Gasteiger partial charge in [0.1, 0.15) is 0 Å². The number of hydrogen-bond acceptors (Lipinski definition) is 0. The third-order valence-electron chi connectivity index (χ3n) is 3.06. The van der Waals surface area contributed by atoms with E-state index in [1.807, 2.05) is 0 Å². The fraction of sp³-hybridized carbons (Fsp3) is 0.647. The highest BCUT2D eigenvalue weighted by atomic mass is 14.3. The molecule has 1 aliphatic carbocycles. The normalized spacial score (nSPS) is 16.7. The van der Waals surface area contributed by atoms with Crippen LogP contribution in [0.1, 0.15) is 60.3 Å². The summed E-state index contributed by atoms with van der Waals surface area (Å²) in [5, 5.41) is 0. The topological polar surface area (TPSA) is 0 Å². The van der Waals surface area contributed by atoms with Crippen LogP contribution in [0.3, 0.4) is 0 Å². The van der Waals surface area contributed by atoms with Crippen molar-refractivity contribution < 1.29 is 0 Å². The highest BCUT2D eigenvalue weighted by molar-refractivity contribution is 5.35. The Bertz CT molecular complexity index is 262. The van der Waals surface area contributed by atoms with Crippen molar-refractivity contribution in [1.82, 2.24) is 0 Å². The molecule has 0 aliphatic heterocycles. The Morgan fingerprint density at radius 1 is 1.29 bits per heavy atom. The Balaban J connectivity index is 0.000000770. The van der Waals surface area contributed by atoms with E-state index in [4.69, 9.17) is 0 Å². The minimum Gasteiger partial charge on any atom is -0.0953 e. The third-order valence-corrected chi connectivity index (χ3v) is 3.06. The summed E-state index contributed by atoms with van der Waals surface area (Å²) in [4.78, 5) is 0. The van der Waals surface area contributed by atoms with Gasteiger partial charge in [0.15, 0.2) is 0 Å². The van der Waals surface area contributed by atoms with E-state index in [1.54, 1.807) is 0 Å². The molecular formula is C17H30. The van der Waals surface area contributed by atoms with Gasteiger partial charge in [-0.05, 0) is 42.7 Å². The average molecular weight is 234 g/mol. The standard InChI is InChI=1S/C14H22.C3H8/c1-5-6-10-14(11(2)3)12(4)13-8-7-9-13;1-3-2/h5-6,10-11,13H,4,7-9H2,1-3H3;3H2,1-2H3/b6-5-,14-10-;. The third kappa shape index (κ3) is 5.91. The summed E-state index contributed by atoms with van der Waals surface area (Å²) in [5.41, 5.74) is 2.82. The molecule has 0 N–H and O–H groups in total. The molecule has 0 bridgehead atoms. The van der Waals surface area contributed by atoms with Crippen molar-refractivity contribution >= 4 is 0 Å². The van der Waals surface area contributed by atoms with Crippen LogP contribution in [-0.2, 0) is 0 Å². The lowest BCUT2D eigenvalue weighted by Crippen LogP contribution is -2.16. The Morgan fingerprint density at radius 3 is 2.12 bits per heavy atom. The molecule has 1 aliphatic rings. The number of hydrogen-bond donors (Lipinski definition) is 0. The predicted molar refractivity (Wildman–Crippen MR) is 80.2 cm³/mol. The molecule has 1 saturated carbocycles. The van der Waals surface area contributed by atoms with Gasteiger partial charge in [-0.15, -0.1) is 0 Å². The van der Waals surface area contributed by atoms with Crippen LogP contribution in [0.2, 0.25) is 0 Å². The van der Waals surface area contributed by atoms with Crippen LogP contribution >= 0.6 is 0 Å². The van der Waals surface area contributed by atoms with E-state index in [-0.39, 0.29) is 0 Å². The first-order chi connectivity index (χ1) is 8.08. The summed E-state index contributed by atoms with van der Waals surface area (Å²) in [6, 6.07) is 0. The molecule has 0 unspecified atom stereocenters. The summed E-state index contributed by atoms with van der Waals surface area (Å²) < 4.78 is 0. The minimum atomic E-state index is 0.597. The summed E-state index contributed by atoms with van der Waals surface area (Å²) in [7, 11) is 0. The fourth-order valence-electron chi connectivity index (χ4n) is 1.86. The van der Waals surface area contributed by atoms with Crippen molar-refractivity contribution in [1.29, 1.82) is 0 Å². The zero-order chi connectivity index (χ0) is 13.3. The Hall–Kier alpha value is -0.780. The maximum absolute atomic E-state index is 4.25. The van der Waals surface area contributed by atoms with Crippen molar-refractivity contribution in [2.24, 2.45) is 11.8 Å². The lowest BCUT2D eigenvalue weighted by atomic mass is 9.75. The Labute approximate surface area is 109 Å². The van der Waals surface area contributed by atoms with Gasteiger partial charge in [0.05, 0.1) is 0 Å². The predicted octanol–water partition coefficient (Wildman–Crippen LogP) is 5.92. The Kier molecular flexibility index (Phi) is 8.85. The molecule has 0 atom stereocenters. The SMILES string of the molecule is C=C(/C(=C\C=C/C)C(C)C)C1CCC1.CCC. The zero-order valence-corrected chi connectivity index (χ0v) is 12.4. The molecular weight excluding hydrogens is 204 g/mol. The molecule has 0 aromatic heterocycles. The summed E-state index contributed by atoms with van der Waals surface area (Å²) in [6.07, 6.45) is 11.8. The molecule has 0 heteroatoms. The van der Waals surface area contributed by atoms with E-state index in [0.29, 0.717) is 5.92 Å². The lowest BCUT2D eigenvalue weighted by molar-refractivity contribution is 0.368. The maximum atomic E-state index is 4.25. The maximum Gasteiger partial charge on any atom is -0.0165 e. The van der Waals surface area contributed by atoms with Crippen LogP contribution in [0.5, 0.6) is 0 Å². The second-order valence-electron chi connectivity index (χ2n) is 5.16. The van der Waals surface area contributed by atoms with Crippen molar-refractivity contribution in [3.05, 3.63) is 36.0 Å². The van der Waals surface area contributed by atoms with E-state index in [1.165, 1.54) is 36.8 Å². The van der Waals surface area contributed by atoms with E-state index < -0.39 is 0 Å². The van der Waals surface area contributed by atoms with Gasteiger partial charge in [0, 0.05) is 0 Å². The molecule has 98 valence electrons. The molecule has 0 heterocycles. The van der Waals surface area contributed by atoms with E-state index in [2.05, 4.69) is 59.4 Å². The van der Waals surface area contributed by atoms with Gasteiger partial charge in [-0.1, -0.05) is 65.3 Å². The van der Waals surface area contributed by atoms with Crippen LogP contribution in [0, 0.1) is 11.8 Å². The van der Waals surface area contributed by atoms with Gasteiger partial charge in [0.25, 0.3) is 0 Å². The molecule has 1 rings (SSSR count). The smallest absolute Gasteiger partial charge is 0.0165 e. The first-order valence-corrected chi connectivity index (χ1v) is 7.10. The molecule has 17 heavy (non-hydrogen) atoms. The van der Waals surface area contributed by atoms with Crippen LogP contribution in [0.25, 0.3) is 0 Å². The van der Waals surface area contributed by atoms with Crippen molar-refractivity contribution in [2.75, 3.05) is 0 Å². The van der Waals surface area contributed by atoms with Gasteiger partial charge in [-0.3, -0.25) is 0 Å². The van der Waals surface area contributed by atoms with Gasteiger partial charge in [0.2, 0.25) is 0 Å². The molecule has 0 spiro atoms. The molecule has 0 aromatic carbocycles. The van der Waals surface area contributed by atoms with Gasteiger partial charge >= 0.3 is 0 Å². The molecule has 0 radical (unpaired) electrons. The number of allylic oxidation sites excluding steroid dienone is 5. The second kappa shape index (κ2) is 9.27. The van der Waals surface area contributed by atoms with Crippen LogP contribution in [-0.4, -0.2) is 0 Å². The second-order valence-corrected chi connectivity index (χ2v) is 5.16. The highest BCUT2D eigenvalue weighted by Crippen LogP contribution is 2.37. The molecule has 0 saturated heterocycles. The summed E-state index contributed by atoms with van der Waals surface area (Å²) in [6.45, 7) is 15.1. The van der Waals surface area contributed by atoms with Gasteiger partial charge < -0.3 is 0 Å². The average Bonchev–Trinajstić information content (AvgIpc) is 2.16. The quantitative estimate of drug-likeness (QED) is 0.530. The van der Waals surface area contributed by atoms with Crippen molar-refractivity contribution in [3.8, 4) is 0 Å². The molecule has 0 nitrogen and oxygen atoms in total. The van der Waals surface area contributed by atoms with Crippen LogP contribution in [0.4, 0.5) is 0 Å². The zero-order valence-electron chi connectivity index (χ0n) is 12.4. The van der Waals surface area contributed by atoms with E-state index in [9.17, 15) is 0 Å². The van der Waals surface area contributed by atoms with Crippen LogP contribution < -0.4 is 0 Å². The van der Waals surface area contributed by atoms with E-state index in [0.717, 1.165) is 5.92 Å². The summed E-state index contributed by atoms with van der Waals surface area (Å²) >= 11 is 0. The highest BCUT2D eigenvalue weighted by Gasteiger charge is 2.23. The Morgan fingerprint density at radius 2 is 1.82 bits per heavy atom. The van der Waals surface area contributed by atoms with Crippen LogP contribution in [0.15, 0.2) is 36.0 Å². The van der Waals surface area contributed by atoms with E-state index >= 15 is 0 Å². The number of rotatable bonds is 4. The monoisotopic (exact) mass is 234 g/mol. The largest absolute Gasteiger partial charge is 0.0953 e.